The number of pyridine rings is 2. The van der Waals surface area contributed by atoms with Gasteiger partial charge in [-0.05, 0) is 67.9 Å². The van der Waals surface area contributed by atoms with Gasteiger partial charge in [-0.2, -0.15) is 18.3 Å². The summed E-state index contributed by atoms with van der Waals surface area (Å²) in [5.74, 6) is -1.04. The fourth-order valence-corrected chi connectivity index (χ4v) is 5.58. The van der Waals surface area contributed by atoms with E-state index >= 15 is 0 Å². The summed E-state index contributed by atoms with van der Waals surface area (Å²) in [4.78, 5) is 34.8. The summed E-state index contributed by atoms with van der Waals surface area (Å²) >= 11 is 0. The fourth-order valence-electron chi connectivity index (χ4n) is 5.58. The number of halogens is 3. The molecule has 0 spiro atoms. The topological polar surface area (TPSA) is 113 Å². The van der Waals surface area contributed by atoms with Crippen LogP contribution in [0.3, 0.4) is 0 Å². The number of carbonyl (C=O) groups is 2. The molecule has 1 saturated carbocycles. The summed E-state index contributed by atoms with van der Waals surface area (Å²) < 4.78 is 39.9. The van der Waals surface area contributed by atoms with Crippen LogP contribution in [-0.4, -0.2) is 38.5 Å². The quantitative estimate of drug-likeness (QED) is 0.153. The van der Waals surface area contributed by atoms with E-state index in [4.69, 9.17) is 0 Å². The Morgan fingerprint density at radius 1 is 1.14 bits per heavy atom. The lowest BCUT2D eigenvalue weighted by atomic mass is 9.75. The summed E-state index contributed by atoms with van der Waals surface area (Å²) in [5.41, 5.74) is 1.95. The molecule has 3 heterocycles. The van der Waals surface area contributed by atoms with E-state index in [0.29, 0.717) is 29.6 Å². The first kappa shape index (κ1) is 29.0. The molecule has 2 atom stereocenters. The van der Waals surface area contributed by atoms with E-state index in [1.807, 2.05) is 12.1 Å². The van der Waals surface area contributed by atoms with E-state index in [1.54, 1.807) is 30.6 Å². The molecule has 1 aromatic carbocycles. The number of aromatic nitrogens is 4. The van der Waals surface area contributed by atoms with Crippen molar-refractivity contribution in [2.75, 3.05) is 11.9 Å². The molecule has 0 aliphatic heterocycles. The molecule has 1 aliphatic carbocycles. The number of aromatic amines is 1. The van der Waals surface area contributed by atoms with Crippen molar-refractivity contribution in [3.63, 3.8) is 0 Å². The number of H-pyrrole nitrogens is 1. The van der Waals surface area contributed by atoms with Crippen LogP contribution in [0.25, 0.3) is 22.2 Å². The number of benzene rings is 1. The third kappa shape index (κ3) is 6.35. The highest BCUT2D eigenvalue weighted by Crippen LogP contribution is 2.43. The number of allylic oxidation sites excluding steroid dienone is 1. The molecule has 2 unspecified atom stereocenters. The van der Waals surface area contributed by atoms with Crippen LogP contribution >= 0.6 is 0 Å². The molecule has 0 bridgehead atoms. The number of hydrogen-bond acceptors (Lipinski definition) is 5. The summed E-state index contributed by atoms with van der Waals surface area (Å²) in [6.45, 7) is 4.30. The Balaban J connectivity index is 1.51. The fraction of sp³-hybridized carbons (Fsp3) is 0.323. The normalized spacial score (nSPS) is 17.1. The predicted molar refractivity (Wildman–Crippen MR) is 154 cm³/mol. The number of fused-ring (bicyclic) bond motifs is 1. The molecule has 0 saturated heterocycles. The Labute approximate surface area is 240 Å². The second-order valence-electron chi connectivity index (χ2n) is 10.4. The maximum Gasteiger partial charge on any atom is 0.416 e. The van der Waals surface area contributed by atoms with E-state index in [0.717, 1.165) is 61.5 Å². The Morgan fingerprint density at radius 2 is 2.00 bits per heavy atom. The van der Waals surface area contributed by atoms with Gasteiger partial charge < -0.3 is 10.6 Å². The van der Waals surface area contributed by atoms with Gasteiger partial charge in [0, 0.05) is 47.6 Å². The smallest absolute Gasteiger partial charge is 0.356 e. The Kier molecular flexibility index (Phi) is 8.65. The minimum atomic E-state index is -4.58. The second-order valence-corrected chi connectivity index (χ2v) is 10.4. The van der Waals surface area contributed by atoms with Gasteiger partial charge in [-0.25, -0.2) is 4.98 Å². The molecule has 218 valence electrons. The first-order valence-electron chi connectivity index (χ1n) is 13.9. The van der Waals surface area contributed by atoms with Gasteiger partial charge in [-0.3, -0.25) is 19.7 Å². The maximum absolute atomic E-state index is 13.6. The zero-order chi connectivity index (χ0) is 29.7. The Bertz CT molecular complexity index is 1600. The zero-order valence-electron chi connectivity index (χ0n) is 22.9. The highest BCUT2D eigenvalue weighted by molar-refractivity contribution is 6.10. The van der Waals surface area contributed by atoms with Crippen molar-refractivity contribution in [2.45, 2.75) is 50.6 Å². The number of alkyl halides is 3. The molecule has 42 heavy (non-hydrogen) atoms. The van der Waals surface area contributed by atoms with Crippen LogP contribution in [0.4, 0.5) is 19.0 Å². The van der Waals surface area contributed by atoms with Crippen LogP contribution in [0.2, 0.25) is 0 Å². The molecule has 8 nitrogen and oxygen atoms in total. The second kappa shape index (κ2) is 12.5. The maximum atomic E-state index is 13.6. The van der Waals surface area contributed by atoms with Crippen LogP contribution in [0, 0.1) is 5.92 Å². The first-order chi connectivity index (χ1) is 20.3. The van der Waals surface area contributed by atoms with Crippen LogP contribution in [0.15, 0.2) is 67.6 Å². The summed E-state index contributed by atoms with van der Waals surface area (Å²) in [6, 6.07) is 8.72. The van der Waals surface area contributed by atoms with Crippen molar-refractivity contribution in [2.24, 2.45) is 5.92 Å². The number of carbonyl (C=O) groups excluding carboxylic acids is 2. The zero-order valence-corrected chi connectivity index (χ0v) is 22.9. The third-order valence-corrected chi connectivity index (χ3v) is 7.64. The Morgan fingerprint density at radius 3 is 2.81 bits per heavy atom. The van der Waals surface area contributed by atoms with Gasteiger partial charge in [0.1, 0.15) is 11.5 Å². The van der Waals surface area contributed by atoms with Crippen molar-refractivity contribution in [3.05, 3.63) is 84.3 Å². The molecule has 5 rings (SSSR count). The van der Waals surface area contributed by atoms with Gasteiger partial charge in [-0.15, -0.1) is 6.58 Å². The standard InChI is InChI=1S/C31H31F3N6O2/c1-2-3-4-13-37-29(41)20-8-5-7-19(16-20)22-9-6-10-23(27(22)28-24-18-35-14-12-25(24)39-40-28)30(42)38-26-17-21(11-15-36-26)31(32,33)34/h2,6,9-12,14-15,17-20H,1,3-5,7-8,13,16H2,(H,37,41)(H,39,40)(H,36,38,42). The van der Waals surface area contributed by atoms with Gasteiger partial charge in [0.15, 0.2) is 0 Å². The van der Waals surface area contributed by atoms with Gasteiger partial charge in [0.05, 0.1) is 11.1 Å². The van der Waals surface area contributed by atoms with E-state index < -0.39 is 17.6 Å². The molecule has 3 N–H and O–H groups in total. The summed E-state index contributed by atoms with van der Waals surface area (Å²) in [6.07, 6.45) is 6.21. The first-order valence-corrected chi connectivity index (χ1v) is 13.9. The van der Waals surface area contributed by atoms with Crippen LogP contribution < -0.4 is 10.6 Å². The van der Waals surface area contributed by atoms with Crippen LogP contribution in [0.1, 0.15) is 65.9 Å². The minimum absolute atomic E-state index is 0.0178. The number of hydrogen-bond donors (Lipinski definition) is 3. The molecular formula is C31H31F3N6O2. The lowest BCUT2D eigenvalue weighted by Gasteiger charge is -2.30. The molecule has 1 aliphatic rings. The van der Waals surface area contributed by atoms with Crippen molar-refractivity contribution in [3.8, 4) is 11.3 Å². The third-order valence-electron chi connectivity index (χ3n) is 7.64. The average Bonchev–Trinajstić information content (AvgIpc) is 3.42. The predicted octanol–water partition coefficient (Wildman–Crippen LogP) is 6.65. The van der Waals surface area contributed by atoms with Crippen molar-refractivity contribution in [1.82, 2.24) is 25.5 Å². The van der Waals surface area contributed by atoms with Crippen LogP contribution in [-0.2, 0) is 11.0 Å². The largest absolute Gasteiger partial charge is 0.416 e. The number of amides is 2. The molecule has 0 radical (unpaired) electrons. The molecular weight excluding hydrogens is 545 g/mol. The van der Waals surface area contributed by atoms with Crippen LogP contribution in [0.5, 0.6) is 0 Å². The molecule has 3 aromatic heterocycles. The number of unbranched alkanes of at least 4 members (excludes halogenated alkanes) is 1. The molecule has 4 aromatic rings. The minimum Gasteiger partial charge on any atom is -0.356 e. The van der Waals surface area contributed by atoms with Crippen molar-refractivity contribution >= 4 is 28.5 Å². The Hall–Kier alpha value is -4.54. The van der Waals surface area contributed by atoms with E-state index in [9.17, 15) is 22.8 Å². The molecule has 11 heteroatoms. The summed E-state index contributed by atoms with van der Waals surface area (Å²) in [5, 5.41) is 13.8. The van der Waals surface area contributed by atoms with Gasteiger partial charge in [0.25, 0.3) is 5.91 Å². The molecule has 1 fully saturated rings. The summed E-state index contributed by atoms with van der Waals surface area (Å²) in [7, 11) is 0. The lowest BCUT2D eigenvalue weighted by molar-refractivity contribution is -0.137. The average molecular weight is 577 g/mol. The highest BCUT2D eigenvalue weighted by atomic mass is 19.4. The van der Waals surface area contributed by atoms with Crippen molar-refractivity contribution in [1.29, 1.82) is 0 Å². The van der Waals surface area contributed by atoms with Crippen molar-refractivity contribution < 1.29 is 22.8 Å². The van der Waals surface area contributed by atoms with E-state index in [1.165, 1.54) is 0 Å². The number of anilines is 1. The van der Waals surface area contributed by atoms with Gasteiger partial charge in [0.2, 0.25) is 5.91 Å². The van der Waals surface area contributed by atoms with Gasteiger partial charge >= 0.3 is 6.18 Å². The SMILES string of the molecule is C=CCCCNC(=O)C1CCCC(c2cccc(C(=O)Nc3cc(C(F)(F)F)ccn3)c2-c2n[nH]c3ccncc23)C1. The van der Waals surface area contributed by atoms with Gasteiger partial charge in [-0.1, -0.05) is 24.6 Å². The molecule has 2 amide bonds. The lowest BCUT2D eigenvalue weighted by Crippen LogP contribution is -2.34. The highest BCUT2D eigenvalue weighted by Gasteiger charge is 2.33. The number of rotatable bonds is 9. The van der Waals surface area contributed by atoms with E-state index in [2.05, 4.69) is 37.4 Å². The monoisotopic (exact) mass is 576 g/mol. The number of nitrogens with zero attached hydrogens (tertiary/aromatic N) is 3. The number of nitrogens with one attached hydrogen (secondary N) is 3. The van der Waals surface area contributed by atoms with E-state index in [-0.39, 0.29) is 29.1 Å².